The molecule has 4 heteroatoms. The molecule has 2 unspecified atom stereocenters. The van der Waals surface area contributed by atoms with E-state index < -0.39 is 0 Å². The van der Waals surface area contributed by atoms with Crippen molar-refractivity contribution >= 4 is 11.6 Å². The van der Waals surface area contributed by atoms with Crippen molar-refractivity contribution in [3.05, 3.63) is 34.6 Å². The van der Waals surface area contributed by atoms with Gasteiger partial charge in [-0.3, -0.25) is 0 Å². The molecule has 1 aliphatic rings. The molecule has 106 valence electrons. The molecule has 2 atom stereocenters. The van der Waals surface area contributed by atoms with Crippen molar-refractivity contribution in [3.63, 3.8) is 0 Å². The van der Waals surface area contributed by atoms with E-state index in [1.54, 1.807) is 6.07 Å². The number of benzene rings is 1. The van der Waals surface area contributed by atoms with E-state index in [9.17, 15) is 4.39 Å². The molecule has 0 saturated carbocycles. The molecule has 1 aromatic carbocycles. The first-order chi connectivity index (χ1) is 9.22. The first-order valence-corrected chi connectivity index (χ1v) is 7.37. The fraction of sp³-hybridized carbons (Fsp3) is 0.600. The highest BCUT2D eigenvalue weighted by Crippen LogP contribution is 2.34. The van der Waals surface area contributed by atoms with Gasteiger partial charge in [0.15, 0.2) is 0 Å². The molecule has 1 heterocycles. The number of hydrogen-bond acceptors (Lipinski definition) is 2. The van der Waals surface area contributed by atoms with E-state index in [4.69, 9.17) is 16.3 Å². The van der Waals surface area contributed by atoms with Gasteiger partial charge in [-0.15, -0.1) is 0 Å². The minimum Gasteiger partial charge on any atom is -0.373 e. The molecule has 0 radical (unpaired) electrons. The highest BCUT2D eigenvalue weighted by molar-refractivity contribution is 6.30. The number of nitrogens with one attached hydrogen (secondary N) is 1. The summed E-state index contributed by atoms with van der Waals surface area (Å²) in [7, 11) is 0. The molecular formula is C15H21ClFNO. The van der Waals surface area contributed by atoms with Gasteiger partial charge in [-0.25, -0.2) is 4.39 Å². The molecule has 19 heavy (non-hydrogen) atoms. The average molecular weight is 286 g/mol. The highest BCUT2D eigenvalue weighted by Gasteiger charge is 2.27. The van der Waals surface area contributed by atoms with Gasteiger partial charge in [0.05, 0.1) is 11.1 Å². The van der Waals surface area contributed by atoms with E-state index in [2.05, 4.69) is 12.2 Å². The summed E-state index contributed by atoms with van der Waals surface area (Å²) in [5, 5.41) is 3.60. The van der Waals surface area contributed by atoms with Crippen LogP contribution in [0.15, 0.2) is 18.2 Å². The molecule has 0 aromatic heterocycles. The van der Waals surface area contributed by atoms with Gasteiger partial charge in [0.2, 0.25) is 0 Å². The van der Waals surface area contributed by atoms with Gasteiger partial charge in [-0.05, 0) is 43.5 Å². The van der Waals surface area contributed by atoms with Crippen LogP contribution in [-0.2, 0) is 4.74 Å². The number of ether oxygens (including phenoxy) is 1. The molecule has 0 amide bonds. The smallest absolute Gasteiger partial charge is 0.142 e. The summed E-state index contributed by atoms with van der Waals surface area (Å²) < 4.78 is 19.4. The van der Waals surface area contributed by atoms with E-state index in [0.29, 0.717) is 5.92 Å². The molecular weight excluding hydrogens is 265 g/mol. The van der Waals surface area contributed by atoms with E-state index in [-0.39, 0.29) is 16.9 Å². The molecule has 1 fully saturated rings. The maximum Gasteiger partial charge on any atom is 0.142 e. The van der Waals surface area contributed by atoms with Crippen LogP contribution in [0.25, 0.3) is 0 Å². The van der Waals surface area contributed by atoms with E-state index in [1.165, 1.54) is 6.07 Å². The van der Waals surface area contributed by atoms with Crippen LogP contribution in [0, 0.1) is 11.7 Å². The molecule has 1 saturated heterocycles. The summed E-state index contributed by atoms with van der Waals surface area (Å²) in [6, 6.07) is 4.99. The van der Waals surface area contributed by atoms with Gasteiger partial charge in [-0.1, -0.05) is 24.6 Å². The zero-order valence-corrected chi connectivity index (χ0v) is 12.0. The zero-order chi connectivity index (χ0) is 13.7. The van der Waals surface area contributed by atoms with Gasteiger partial charge in [0.1, 0.15) is 5.82 Å². The normalized spacial score (nSPS) is 23.5. The van der Waals surface area contributed by atoms with E-state index >= 15 is 0 Å². The Morgan fingerprint density at radius 2 is 2.32 bits per heavy atom. The fourth-order valence-corrected chi connectivity index (χ4v) is 2.69. The van der Waals surface area contributed by atoms with E-state index in [1.807, 2.05) is 6.07 Å². The second kappa shape index (κ2) is 7.22. The molecule has 1 N–H and O–H groups in total. The number of halogens is 2. The Labute approximate surface area is 119 Å². The third kappa shape index (κ3) is 3.91. The Morgan fingerprint density at radius 3 is 3.05 bits per heavy atom. The predicted octanol–water partition coefficient (Wildman–Crippen LogP) is 3.95. The minimum absolute atomic E-state index is 0.0233. The highest BCUT2D eigenvalue weighted by atomic mass is 35.5. The van der Waals surface area contributed by atoms with Crippen LogP contribution in [0.1, 0.15) is 37.9 Å². The Hall–Kier alpha value is -0.640. The van der Waals surface area contributed by atoms with Crippen LogP contribution in [0.3, 0.4) is 0 Å². The van der Waals surface area contributed by atoms with Crippen molar-refractivity contribution in [2.45, 2.75) is 32.3 Å². The molecule has 2 rings (SSSR count). The van der Waals surface area contributed by atoms with Crippen LogP contribution >= 0.6 is 11.6 Å². The standard InChI is InChI=1S/C15H21ClFNO/c1-2-7-18-10-12-4-3-8-19-15(12)11-5-6-13(16)14(17)9-11/h5-6,9,12,15,18H,2-4,7-8,10H2,1H3. The lowest BCUT2D eigenvalue weighted by Crippen LogP contribution is -2.32. The lowest BCUT2D eigenvalue weighted by molar-refractivity contribution is -0.0278. The molecule has 0 bridgehead atoms. The first kappa shape index (κ1) is 14.8. The zero-order valence-electron chi connectivity index (χ0n) is 11.3. The SMILES string of the molecule is CCCNCC1CCCOC1c1ccc(Cl)c(F)c1. The van der Waals surface area contributed by atoms with Gasteiger partial charge in [-0.2, -0.15) is 0 Å². The van der Waals surface area contributed by atoms with Gasteiger partial charge < -0.3 is 10.1 Å². The summed E-state index contributed by atoms with van der Waals surface area (Å²) in [4.78, 5) is 0. The quantitative estimate of drug-likeness (QED) is 0.827. The number of rotatable bonds is 5. The third-order valence-corrected chi connectivity index (χ3v) is 3.86. The van der Waals surface area contributed by atoms with Gasteiger partial charge >= 0.3 is 0 Å². The molecule has 1 aromatic rings. The van der Waals surface area contributed by atoms with Crippen LogP contribution in [0.2, 0.25) is 5.02 Å². The first-order valence-electron chi connectivity index (χ1n) is 6.99. The van der Waals surface area contributed by atoms with Crippen LogP contribution < -0.4 is 5.32 Å². The summed E-state index contributed by atoms with van der Waals surface area (Å²) >= 11 is 5.73. The topological polar surface area (TPSA) is 21.3 Å². The lowest BCUT2D eigenvalue weighted by Gasteiger charge is -2.32. The molecule has 2 nitrogen and oxygen atoms in total. The van der Waals surface area contributed by atoms with Crippen LogP contribution in [0.4, 0.5) is 4.39 Å². The number of hydrogen-bond donors (Lipinski definition) is 1. The van der Waals surface area contributed by atoms with Gasteiger partial charge in [0, 0.05) is 19.1 Å². The van der Waals surface area contributed by atoms with Crippen molar-refractivity contribution in [2.24, 2.45) is 5.92 Å². The second-order valence-electron chi connectivity index (χ2n) is 5.07. The fourth-order valence-electron chi connectivity index (χ4n) is 2.57. The molecule has 0 aliphatic carbocycles. The molecule has 0 spiro atoms. The summed E-state index contributed by atoms with van der Waals surface area (Å²) in [5.74, 6) is 0.0366. The second-order valence-corrected chi connectivity index (χ2v) is 5.48. The van der Waals surface area contributed by atoms with Crippen molar-refractivity contribution < 1.29 is 9.13 Å². The Bertz CT molecular complexity index is 413. The Balaban J connectivity index is 2.07. The molecule has 1 aliphatic heterocycles. The largest absolute Gasteiger partial charge is 0.373 e. The Morgan fingerprint density at radius 1 is 1.47 bits per heavy atom. The average Bonchev–Trinajstić information content (AvgIpc) is 2.43. The Kier molecular flexibility index (Phi) is 5.61. The van der Waals surface area contributed by atoms with Gasteiger partial charge in [0.25, 0.3) is 0 Å². The third-order valence-electron chi connectivity index (χ3n) is 3.55. The summed E-state index contributed by atoms with van der Waals surface area (Å²) in [6.07, 6.45) is 3.29. The van der Waals surface area contributed by atoms with Crippen molar-refractivity contribution in [3.8, 4) is 0 Å². The van der Waals surface area contributed by atoms with Crippen LogP contribution in [0.5, 0.6) is 0 Å². The summed E-state index contributed by atoms with van der Waals surface area (Å²) in [5.41, 5.74) is 0.893. The minimum atomic E-state index is -0.367. The predicted molar refractivity (Wildman–Crippen MR) is 76.0 cm³/mol. The van der Waals surface area contributed by atoms with Crippen LogP contribution in [-0.4, -0.2) is 19.7 Å². The van der Waals surface area contributed by atoms with Crippen molar-refractivity contribution in [2.75, 3.05) is 19.7 Å². The maximum absolute atomic E-state index is 13.6. The van der Waals surface area contributed by atoms with E-state index in [0.717, 1.165) is 44.5 Å². The van der Waals surface area contributed by atoms with Crippen molar-refractivity contribution in [1.82, 2.24) is 5.32 Å². The lowest BCUT2D eigenvalue weighted by atomic mass is 9.89. The monoisotopic (exact) mass is 285 g/mol. The van der Waals surface area contributed by atoms with Crippen molar-refractivity contribution in [1.29, 1.82) is 0 Å². The maximum atomic E-state index is 13.6. The summed E-state index contributed by atoms with van der Waals surface area (Å²) in [6.45, 7) is 4.83.